The molecule has 0 unspecified atom stereocenters. The molecule has 0 fully saturated rings. The van der Waals surface area contributed by atoms with Gasteiger partial charge < -0.3 is 9.64 Å². The zero-order valence-corrected chi connectivity index (χ0v) is 13.5. The van der Waals surface area contributed by atoms with Crippen LogP contribution in [0.5, 0.6) is 0 Å². The van der Waals surface area contributed by atoms with Crippen LogP contribution in [0.2, 0.25) is 5.02 Å². The molecule has 0 aliphatic rings. The number of likely N-dealkylation sites (N-methyl/N-ethyl adjacent to an activating group) is 1. The monoisotopic (exact) mass is 316 g/mol. The number of carbonyl (C=O) groups is 1. The number of aromatic nitrogens is 1. The van der Waals surface area contributed by atoms with Crippen LogP contribution in [0.1, 0.15) is 6.92 Å². The number of esters is 1. The summed E-state index contributed by atoms with van der Waals surface area (Å²) in [5.41, 5.74) is 2.20. The van der Waals surface area contributed by atoms with E-state index in [4.69, 9.17) is 16.3 Å². The molecule has 2 rings (SSSR count). The Morgan fingerprint density at radius 1 is 1.23 bits per heavy atom. The predicted octanol–water partition coefficient (Wildman–Crippen LogP) is 3.92. The molecular formula is C17H17ClN2O2. The van der Waals surface area contributed by atoms with E-state index in [0.717, 1.165) is 11.3 Å². The molecule has 0 aliphatic carbocycles. The van der Waals surface area contributed by atoms with E-state index in [1.54, 1.807) is 24.9 Å². The van der Waals surface area contributed by atoms with Gasteiger partial charge in [-0.1, -0.05) is 35.9 Å². The third-order valence-corrected chi connectivity index (χ3v) is 3.50. The van der Waals surface area contributed by atoms with Crippen LogP contribution in [0.25, 0.3) is 11.3 Å². The highest BCUT2D eigenvalue weighted by Gasteiger charge is 2.16. The van der Waals surface area contributed by atoms with Gasteiger partial charge >= 0.3 is 5.97 Å². The molecule has 1 aromatic heterocycles. The largest absolute Gasteiger partial charge is 0.464 e. The number of hydrogen-bond donors (Lipinski definition) is 0. The van der Waals surface area contributed by atoms with E-state index >= 15 is 0 Å². The standard InChI is InChI=1S/C17H17ClN2O2/c1-4-15(17(21)22-3)20(2)16-7-5-6-14(19-16)12-8-10-13(18)11-9-12/h4-11H,1-3H3. The van der Waals surface area contributed by atoms with Crippen LogP contribution in [0.4, 0.5) is 5.82 Å². The smallest absolute Gasteiger partial charge is 0.354 e. The fourth-order valence-corrected chi connectivity index (χ4v) is 2.19. The maximum absolute atomic E-state index is 11.8. The Kier molecular flexibility index (Phi) is 5.17. The molecule has 5 heteroatoms. The topological polar surface area (TPSA) is 42.4 Å². The van der Waals surface area contributed by atoms with Crippen molar-refractivity contribution in [1.29, 1.82) is 0 Å². The molecule has 22 heavy (non-hydrogen) atoms. The van der Waals surface area contributed by atoms with Crippen molar-refractivity contribution in [2.45, 2.75) is 6.92 Å². The van der Waals surface area contributed by atoms with E-state index < -0.39 is 5.97 Å². The summed E-state index contributed by atoms with van der Waals surface area (Å²) >= 11 is 5.90. The van der Waals surface area contributed by atoms with E-state index in [1.807, 2.05) is 42.5 Å². The van der Waals surface area contributed by atoms with Crippen molar-refractivity contribution in [2.75, 3.05) is 19.1 Å². The van der Waals surface area contributed by atoms with E-state index in [1.165, 1.54) is 7.11 Å². The van der Waals surface area contributed by atoms with Crippen molar-refractivity contribution >= 4 is 23.4 Å². The van der Waals surface area contributed by atoms with Gasteiger partial charge in [0.1, 0.15) is 11.5 Å². The second-order valence-corrected chi connectivity index (χ2v) is 5.05. The molecule has 0 bridgehead atoms. The second-order valence-electron chi connectivity index (χ2n) is 4.61. The Morgan fingerprint density at radius 3 is 2.50 bits per heavy atom. The molecule has 0 spiro atoms. The first-order valence-electron chi connectivity index (χ1n) is 6.78. The fourth-order valence-electron chi connectivity index (χ4n) is 2.07. The zero-order chi connectivity index (χ0) is 16.1. The Balaban J connectivity index is 2.35. The summed E-state index contributed by atoms with van der Waals surface area (Å²) in [7, 11) is 3.14. The Morgan fingerprint density at radius 2 is 1.91 bits per heavy atom. The summed E-state index contributed by atoms with van der Waals surface area (Å²) in [5, 5.41) is 0.680. The molecule has 114 valence electrons. The van der Waals surface area contributed by atoms with Gasteiger partial charge in [0.25, 0.3) is 0 Å². The van der Waals surface area contributed by atoms with Crippen molar-refractivity contribution in [3.63, 3.8) is 0 Å². The van der Waals surface area contributed by atoms with Gasteiger partial charge in [0.15, 0.2) is 0 Å². The van der Waals surface area contributed by atoms with Gasteiger partial charge in [-0.3, -0.25) is 0 Å². The Labute approximate surface area is 135 Å². The summed E-state index contributed by atoms with van der Waals surface area (Å²) in [6.07, 6.45) is 1.70. The van der Waals surface area contributed by atoms with Crippen molar-refractivity contribution in [1.82, 2.24) is 4.98 Å². The Hall–Kier alpha value is -2.33. The second kappa shape index (κ2) is 7.09. The summed E-state index contributed by atoms with van der Waals surface area (Å²) < 4.78 is 4.78. The van der Waals surface area contributed by atoms with Gasteiger partial charge in [0.05, 0.1) is 12.8 Å². The number of carbonyl (C=O) groups excluding carboxylic acids is 1. The average Bonchev–Trinajstić information content (AvgIpc) is 2.56. The molecule has 0 saturated heterocycles. The lowest BCUT2D eigenvalue weighted by Gasteiger charge is -2.20. The number of halogens is 1. The zero-order valence-electron chi connectivity index (χ0n) is 12.7. The van der Waals surface area contributed by atoms with Gasteiger partial charge in [-0.05, 0) is 31.2 Å². The molecule has 2 aromatic rings. The molecule has 0 aliphatic heterocycles. The minimum absolute atomic E-state index is 0.399. The molecule has 4 nitrogen and oxygen atoms in total. The number of nitrogens with zero attached hydrogens (tertiary/aromatic N) is 2. The fraction of sp³-hybridized carbons (Fsp3) is 0.176. The quantitative estimate of drug-likeness (QED) is 0.633. The molecule has 0 amide bonds. The van der Waals surface area contributed by atoms with Crippen molar-refractivity contribution in [3.05, 3.63) is 59.3 Å². The summed E-state index contributed by atoms with van der Waals surface area (Å²) in [5.74, 6) is 0.259. The predicted molar refractivity (Wildman–Crippen MR) is 88.9 cm³/mol. The van der Waals surface area contributed by atoms with Gasteiger partial charge in [-0.25, -0.2) is 9.78 Å². The number of pyridine rings is 1. The van der Waals surface area contributed by atoms with Crippen LogP contribution in [0.15, 0.2) is 54.2 Å². The molecule has 1 heterocycles. The van der Waals surface area contributed by atoms with Crippen molar-refractivity contribution < 1.29 is 9.53 Å². The minimum Gasteiger partial charge on any atom is -0.464 e. The van der Waals surface area contributed by atoms with Gasteiger partial charge in [0, 0.05) is 17.6 Å². The van der Waals surface area contributed by atoms with Crippen LogP contribution < -0.4 is 4.90 Å². The number of anilines is 1. The third kappa shape index (κ3) is 3.46. The lowest BCUT2D eigenvalue weighted by Crippen LogP contribution is -2.24. The number of rotatable bonds is 4. The molecule has 0 saturated carbocycles. The van der Waals surface area contributed by atoms with Gasteiger partial charge in [0.2, 0.25) is 0 Å². The first-order valence-corrected chi connectivity index (χ1v) is 7.16. The molecule has 0 N–H and O–H groups in total. The molecular weight excluding hydrogens is 300 g/mol. The van der Waals surface area contributed by atoms with Crippen molar-refractivity contribution in [2.24, 2.45) is 0 Å². The van der Waals surface area contributed by atoms with E-state index in [0.29, 0.717) is 16.5 Å². The van der Waals surface area contributed by atoms with Crippen molar-refractivity contribution in [3.8, 4) is 11.3 Å². The SMILES string of the molecule is CC=C(C(=O)OC)N(C)c1cccc(-c2ccc(Cl)cc2)n1. The highest BCUT2D eigenvalue weighted by molar-refractivity contribution is 6.30. The highest BCUT2D eigenvalue weighted by Crippen LogP contribution is 2.23. The lowest BCUT2D eigenvalue weighted by atomic mass is 10.1. The first kappa shape index (κ1) is 16.0. The maximum atomic E-state index is 11.8. The van der Waals surface area contributed by atoms with E-state index in [-0.39, 0.29) is 0 Å². The number of methoxy groups -OCH3 is 1. The minimum atomic E-state index is -0.399. The van der Waals surface area contributed by atoms with Crippen LogP contribution in [-0.2, 0) is 9.53 Å². The third-order valence-electron chi connectivity index (χ3n) is 3.25. The lowest BCUT2D eigenvalue weighted by molar-refractivity contribution is -0.136. The summed E-state index contributed by atoms with van der Waals surface area (Å²) in [4.78, 5) is 18.1. The van der Waals surface area contributed by atoms with Crippen LogP contribution >= 0.6 is 11.6 Å². The van der Waals surface area contributed by atoms with Crippen LogP contribution in [0, 0.1) is 0 Å². The van der Waals surface area contributed by atoms with E-state index in [2.05, 4.69) is 4.98 Å². The number of benzene rings is 1. The first-order chi connectivity index (χ1) is 10.6. The van der Waals surface area contributed by atoms with Crippen LogP contribution in [0.3, 0.4) is 0 Å². The molecule has 0 radical (unpaired) electrons. The number of allylic oxidation sites excluding steroid dienone is 1. The number of hydrogen-bond acceptors (Lipinski definition) is 4. The average molecular weight is 317 g/mol. The van der Waals surface area contributed by atoms with Crippen LogP contribution in [-0.4, -0.2) is 25.1 Å². The van der Waals surface area contributed by atoms with Gasteiger partial charge in [-0.2, -0.15) is 0 Å². The maximum Gasteiger partial charge on any atom is 0.354 e. The molecule has 1 aromatic carbocycles. The summed E-state index contributed by atoms with van der Waals surface area (Å²) in [6, 6.07) is 13.1. The highest BCUT2D eigenvalue weighted by atomic mass is 35.5. The summed E-state index contributed by atoms with van der Waals surface area (Å²) in [6.45, 7) is 1.78. The molecule has 0 atom stereocenters. The normalized spacial score (nSPS) is 11.2. The van der Waals surface area contributed by atoms with Gasteiger partial charge in [-0.15, -0.1) is 0 Å². The number of ether oxygens (including phenoxy) is 1. The Bertz CT molecular complexity index is 696. The van der Waals surface area contributed by atoms with E-state index in [9.17, 15) is 4.79 Å².